The van der Waals surface area contributed by atoms with Gasteiger partial charge in [0, 0.05) is 13.1 Å². The fraction of sp³-hybridized carbons (Fsp3) is 0.650. The standard InChI is InChI=1S/C20H31NO/c1-5-12-16(6-2)18-15-20(18,17-13-10-9-11-14-17)19(22)21(7-3)8-4/h9-11,13-14,16,18H,5-8,12,15H2,1-4H3/t16-,18+,20-/m1/s1. The normalized spacial score (nSPS) is 24.8. The monoisotopic (exact) mass is 301 g/mol. The molecule has 1 aromatic rings. The summed E-state index contributed by atoms with van der Waals surface area (Å²) >= 11 is 0. The van der Waals surface area contributed by atoms with E-state index in [0.717, 1.165) is 19.5 Å². The van der Waals surface area contributed by atoms with Crippen LogP contribution in [0.1, 0.15) is 58.9 Å². The summed E-state index contributed by atoms with van der Waals surface area (Å²) in [5.74, 6) is 1.54. The summed E-state index contributed by atoms with van der Waals surface area (Å²) in [4.78, 5) is 15.3. The van der Waals surface area contributed by atoms with Gasteiger partial charge in [0.1, 0.15) is 0 Å². The van der Waals surface area contributed by atoms with Crippen molar-refractivity contribution in [3.63, 3.8) is 0 Å². The molecule has 0 radical (unpaired) electrons. The van der Waals surface area contributed by atoms with Gasteiger partial charge in [0.25, 0.3) is 0 Å². The van der Waals surface area contributed by atoms with Crippen LogP contribution in [0.2, 0.25) is 0 Å². The number of hydrogen-bond donors (Lipinski definition) is 0. The molecular formula is C20H31NO. The number of hydrogen-bond acceptors (Lipinski definition) is 1. The molecule has 1 aliphatic carbocycles. The summed E-state index contributed by atoms with van der Waals surface area (Å²) < 4.78 is 0. The molecule has 1 aliphatic rings. The van der Waals surface area contributed by atoms with Crippen LogP contribution in [0.5, 0.6) is 0 Å². The molecule has 22 heavy (non-hydrogen) atoms. The molecule has 0 N–H and O–H groups in total. The third kappa shape index (κ3) is 2.93. The first-order valence-electron chi connectivity index (χ1n) is 9.00. The van der Waals surface area contributed by atoms with Crippen LogP contribution in [0, 0.1) is 11.8 Å². The van der Waals surface area contributed by atoms with Crippen LogP contribution in [0.4, 0.5) is 0 Å². The topological polar surface area (TPSA) is 20.3 Å². The molecule has 0 heterocycles. The van der Waals surface area contributed by atoms with Crippen LogP contribution in [0.3, 0.4) is 0 Å². The lowest BCUT2D eigenvalue weighted by Gasteiger charge is -2.28. The number of likely N-dealkylation sites (N-methyl/N-ethyl adjacent to an activating group) is 1. The van der Waals surface area contributed by atoms with Gasteiger partial charge < -0.3 is 4.90 Å². The Bertz CT molecular complexity index is 480. The van der Waals surface area contributed by atoms with Gasteiger partial charge in [-0.25, -0.2) is 0 Å². The second kappa shape index (κ2) is 7.30. The Morgan fingerprint density at radius 1 is 1.18 bits per heavy atom. The molecule has 0 saturated heterocycles. The molecule has 122 valence electrons. The van der Waals surface area contributed by atoms with Crippen molar-refractivity contribution in [2.24, 2.45) is 11.8 Å². The van der Waals surface area contributed by atoms with E-state index in [2.05, 4.69) is 52.0 Å². The molecule has 1 aromatic carbocycles. The molecule has 0 aromatic heterocycles. The molecule has 3 atom stereocenters. The van der Waals surface area contributed by atoms with E-state index in [1.165, 1.54) is 24.8 Å². The second-order valence-electron chi connectivity index (χ2n) is 6.58. The van der Waals surface area contributed by atoms with Gasteiger partial charge in [0.15, 0.2) is 0 Å². The van der Waals surface area contributed by atoms with Gasteiger partial charge in [0.2, 0.25) is 5.91 Å². The SMILES string of the molecule is CCC[C@@H](CC)[C@@H]1C[C@@]1(C(=O)N(CC)CC)c1ccccc1. The Morgan fingerprint density at radius 3 is 2.32 bits per heavy atom. The quantitative estimate of drug-likeness (QED) is 0.685. The van der Waals surface area contributed by atoms with E-state index in [0.29, 0.717) is 17.7 Å². The average molecular weight is 301 g/mol. The third-order valence-corrected chi connectivity index (χ3v) is 5.49. The minimum Gasteiger partial charge on any atom is -0.342 e. The molecule has 0 spiro atoms. The Morgan fingerprint density at radius 2 is 1.82 bits per heavy atom. The van der Waals surface area contributed by atoms with E-state index in [1.54, 1.807) is 0 Å². The molecule has 0 unspecified atom stereocenters. The maximum Gasteiger partial charge on any atom is 0.233 e. The Kier molecular flexibility index (Phi) is 5.66. The first kappa shape index (κ1) is 17.1. The Hall–Kier alpha value is -1.31. The van der Waals surface area contributed by atoms with Crippen molar-refractivity contribution in [3.05, 3.63) is 35.9 Å². The highest BCUT2D eigenvalue weighted by atomic mass is 16.2. The number of carbonyl (C=O) groups excluding carboxylic acids is 1. The highest BCUT2D eigenvalue weighted by Crippen LogP contribution is 2.60. The molecule has 0 bridgehead atoms. The van der Waals surface area contributed by atoms with E-state index in [-0.39, 0.29) is 5.41 Å². The molecule has 1 fully saturated rings. The summed E-state index contributed by atoms with van der Waals surface area (Å²) in [6.07, 6.45) is 4.66. The minimum atomic E-state index is -0.247. The van der Waals surface area contributed by atoms with E-state index in [1.807, 2.05) is 11.0 Å². The lowest BCUT2D eigenvalue weighted by Crippen LogP contribution is -2.40. The van der Waals surface area contributed by atoms with Crippen molar-refractivity contribution < 1.29 is 4.79 Å². The first-order valence-corrected chi connectivity index (χ1v) is 9.00. The summed E-state index contributed by atoms with van der Waals surface area (Å²) in [6.45, 7) is 10.3. The summed E-state index contributed by atoms with van der Waals surface area (Å²) in [7, 11) is 0. The average Bonchev–Trinajstić information content (AvgIpc) is 3.31. The van der Waals surface area contributed by atoms with E-state index in [9.17, 15) is 4.79 Å². The summed E-state index contributed by atoms with van der Waals surface area (Å²) in [5, 5.41) is 0. The van der Waals surface area contributed by atoms with Gasteiger partial charge in [-0.3, -0.25) is 4.79 Å². The zero-order chi connectivity index (χ0) is 16.2. The largest absolute Gasteiger partial charge is 0.342 e. The van der Waals surface area contributed by atoms with Crippen molar-refractivity contribution in [2.45, 2.75) is 58.8 Å². The lowest BCUT2D eigenvalue weighted by molar-refractivity contribution is -0.134. The molecular weight excluding hydrogens is 270 g/mol. The van der Waals surface area contributed by atoms with Crippen LogP contribution in [-0.4, -0.2) is 23.9 Å². The molecule has 1 amide bonds. The lowest BCUT2D eigenvalue weighted by atomic mass is 9.84. The molecule has 2 rings (SSSR count). The zero-order valence-corrected chi connectivity index (χ0v) is 14.6. The van der Waals surface area contributed by atoms with Gasteiger partial charge >= 0.3 is 0 Å². The predicted octanol–water partition coefficient (Wildman–Crippen LogP) is 4.64. The highest BCUT2D eigenvalue weighted by molar-refractivity contribution is 5.92. The third-order valence-electron chi connectivity index (χ3n) is 5.49. The fourth-order valence-corrected chi connectivity index (χ4v) is 4.15. The number of amides is 1. The number of benzene rings is 1. The van der Waals surface area contributed by atoms with Gasteiger partial charge in [0.05, 0.1) is 5.41 Å². The summed E-state index contributed by atoms with van der Waals surface area (Å²) in [6, 6.07) is 10.5. The molecule has 2 nitrogen and oxygen atoms in total. The smallest absolute Gasteiger partial charge is 0.233 e. The van der Waals surface area contributed by atoms with Crippen molar-refractivity contribution in [2.75, 3.05) is 13.1 Å². The maximum atomic E-state index is 13.3. The molecule has 1 saturated carbocycles. The maximum absolute atomic E-state index is 13.3. The van der Waals surface area contributed by atoms with Crippen LogP contribution < -0.4 is 0 Å². The van der Waals surface area contributed by atoms with E-state index in [4.69, 9.17) is 0 Å². The Labute approximate surface area is 135 Å². The molecule has 2 heteroatoms. The van der Waals surface area contributed by atoms with Gasteiger partial charge in [-0.15, -0.1) is 0 Å². The Balaban J connectivity index is 2.34. The number of carbonyl (C=O) groups is 1. The highest BCUT2D eigenvalue weighted by Gasteiger charge is 2.63. The molecule has 0 aliphatic heterocycles. The zero-order valence-electron chi connectivity index (χ0n) is 14.6. The van der Waals surface area contributed by atoms with Gasteiger partial charge in [-0.1, -0.05) is 63.4 Å². The first-order chi connectivity index (χ1) is 10.6. The predicted molar refractivity (Wildman–Crippen MR) is 92.8 cm³/mol. The number of rotatable bonds is 8. The van der Waals surface area contributed by atoms with Gasteiger partial charge in [-0.05, 0) is 37.7 Å². The van der Waals surface area contributed by atoms with Crippen LogP contribution in [0.15, 0.2) is 30.3 Å². The van der Waals surface area contributed by atoms with Gasteiger partial charge in [-0.2, -0.15) is 0 Å². The van der Waals surface area contributed by atoms with E-state index >= 15 is 0 Å². The summed E-state index contributed by atoms with van der Waals surface area (Å²) in [5.41, 5.74) is 0.981. The van der Waals surface area contributed by atoms with Crippen LogP contribution in [-0.2, 0) is 10.2 Å². The second-order valence-corrected chi connectivity index (χ2v) is 6.58. The minimum absolute atomic E-state index is 0.247. The van der Waals surface area contributed by atoms with Crippen molar-refractivity contribution in [3.8, 4) is 0 Å². The van der Waals surface area contributed by atoms with Crippen molar-refractivity contribution >= 4 is 5.91 Å². The van der Waals surface area contributed by atoms with E-state index < -0.39 is 0 Å². The number of nitrogens with zero attached hydrogens (tertiary/aromatic N) is 1. The van der Waals surface area contributed by atoms with Crippen LogP contribution >= 0.6 is 0 Å². The van der Waals surface area contributed by atoms with Crippen molar-refractivity contribution in [1.82, 2.24) is 4.90 Å². The van der Waals surface area contributed by atoms with Crippen LogP contribution in [0.25, 0.3) is 0 Å². The van der Waals surface area contributed by atoms with Crippen molar-refractivity contribution in [1.29, 1.82) is 0 Å². The fourth-order valence-electron chi connectivity index (χ4n) is 4.15.